The summed E-state index contributed by atoms with van der Waals surface area (Å²) in [6, 6.07) is 14.5. The average molecular weight is 410 g/mol. The quantitative estimate of drug-likeness (QED) is 0.752. The smallest absolute Gasteiger partial charge is 0.239 e. The van der Waals surface area contributed by atoms with Crippen LogP contribution < -0.4 is 5.32 Å². The SMILES string of the molecule is CCCc1ccc(NC(=O)CS(=O)(=O)Cc2ccc(Br)cc2)cc1. The Morgan fingerprint density at radius 3 is 2.17 bits per heavy atom. The molecule has 0 radical (unpaired) electrons. The normalized spacial score (nSPS) is 11.2. The summed E-state index contributed by atoms with van der Waals surface area (Å²) >= 11 is 3.30. The van der Waals surface area contributed by atoms with Gasteiger partial charge in [0.15, 0.2) is 9.84 Å². The molecule has 2 aromatic rings. The second-order valence-corrected chi connectivity index (χ2v) is 8.63. The van der Waals surface area contributed by atoms with Crippen LogP contribution in [0.3, 0.4) is 0 Å². The Bertz CT molecular complexity index is 784. The maximum atomic E-state index is 12.2. The van der Waals surface area contributed by atoms with Crippen molar-refractivity contribution in [1.82, 2.24) is 0 Å². The van der Waals surface area contributed by atoms with E-state index in [0.29, 0.717) is 11.3 Å². The number of carbonyl (C=O) groups excluding carboxylic acids is 1. The van der Waals surface area contributed by atoms with Gasteiger partial charge < -0.3 is 5.32 Å². The molecule has 0 fully saturated rings. The van der Waals surface area contributed by atoms with E-state index in [2.05, 4.69) is 28.2 Å². The summed E-state index contributed by atoms with van der Waals surface area (Å²) in [5.74, 6) is -1.20. The summed E-state index contributed by atoms with van der Waals surface area (Å²) in [5.41, 5.74) is 2.46. The lowest BCUT2D eigenvalue weighted by Crippen LogP contribution is -2.23. The maximum Gasteiger partial charge on any atom is 0.239 e. The molecule has 2 aromatic carbocycles. The van der Waals surface area contributed by atoms with Gasteiger partial charge in [-0.2, -0.15) is 0 Å². The van der Waals surface area contributed by atoms with Gasteiger partial charge in [0.1, 0.15) is 5.75 Å². The molecule has 0 aliphatic carbocycles. The van der Waals surface area contributed by atoms with Crippen molar-refractivity contribution in [3.8, 4) is 0 Å². The molecule has 0 unspecified atom stereocenters. The monoisotopic (exact) mass is 409 g/mol. The number of halogens is 1. The van der Waals surface area contributed by atoms with Crippen LogP contribution in [0.25, 0.3) is 0 Å². The molecule has 6 heteroatoms. The van der Waals surface area contributed by atoms with E-state index in [-0.39, 0.29) is 5.75 Å². The van der Waals surface area contributed by atoms with E-state index in [9.17, 15) is 13.2 Å². The summed E-state index contributed by atoms with van der Waals surface area (Å²) < 4.78 is 25.2. The zero-order chi connectivity index (χ0) is 17.6. The fourth-order valence-electron chi connectivity index (χ4n) is 2.33. The molecule has 0 aliphatic heterocycles. The van der Waals surface area contributed by atoms with Crippen molar-refractivity contribution < 1.29 is 13.2 Å². The summed E-state index contributed by atoms with van der Waals surface area (Å²) in [5, 5.41) is 2.64. The van der Waals surface area contributed by atoms with Crippen LogP contribution in [0.2, 0.25) is 0 Å². The third kappa shape index (κ3) is 6.09. The molecule has 0 heterocycles. The van der Waals surface area contributed by atoms with Crippen molar-refractivity contribution in [2.45, 2.75) is 25.5 Å². The number of nitrogens with one attached hydrogen (secondary N) is 1. The van der Waals surface area contributed by atoms with Crippen molar-refractivity contribution in [3.63, 3.8) is 0 Å². The van der Waals surface area contributed by atoms with Gasteiger partial charge in [0.25, 0.3) is 0 Å². The van der Waals surface area contributed by atoms with E-state index < -0.39 is 21.5 Å². The van der Waals surface area contributed by atoms with Crippen LogP contribution in [-0.2, 0) is 26.8 Å². The minimum Gasteiger partial charge on any atom is -0.325 e. The van der Waals surface area contributed by atoms with Crippen LogP contribution in [0.5, 0.6) is 0 Å². The van der Waals surface area contributed by atoms with E-state index in [1.807, 2.05) is 12.1 Å². The number of amides is 1. The lowest BCUT2D eigenvalue weighted by Gasteiger charge is -2.08. The minimum atomic E-state index is -3.51. The minimum absolute atomic E-state index is 0.150. The Balaban J connectivity index is 1.93. The van der Waals surface area contributed by atoms with Gasteiger partial charge in [0.2, 0.25) is 5.91 Å². The molecule has 0 saturated heterocycles. The van der Waals surface area contributed by atoms with Crippen LogP contribution in [0.1, 0.15) is 24.5 Å². The van der Waals surface area contributed by atoms with Gasteiger partial charge in [0.05, 0.1) is 5.75 Å². The van der Waals surface area contributed by atoms with Crippen LogP contribution in [0.15, 0.2) is 53.0 Å². The van der Waals surface area contributed by atoms with Gasteiger partial charge in [-0.15, -0.1) is 0 Å². The predicted molar refractivity (Wildman–Crippen MR) is 101 cm³/mol. The van der Waals surface area contributed by atoms with E-state index in [0.717, 1.165) is 17.3 Å². The summed E-state index contributed by atoms with van der Waals surface area (Å²) in [7, 11) is -3.51. The standard InChI is InChI=1S/C18H20BrNO3S/c1-2-3-14-6-10-17(11-7-14)20-18(21)13-24(22,23)12-15-4-8-16(19)9-5-15/h4-11H,2-3,12-13H2,1H3,(H,20,21). The highest BCUT2D eigenvalue weighted by Gasteiger charge is 2.17. The Morgan fingerprint density at radius 2 is 1.58 bits per heavy atom. The molecule has 4 nitrogen and oxygen atoms in total. The molecular weight excluding hydrogens is 390 g/mol. The second-order valence-electron chi connectivity index (χ2n) is 5.65. The van der Waals surface area contributed by atoms with E-state index in [4.69, 9.17) is 0 Å². The average Bonchev–Trinajstić information content (AvgIpc) is 2.51. The fourth-order valence-corrected chi connectivity index (χ4v) is 3.86. The zero-order valence-electron chi connectivity index (χ0n) is 13.5. The molecule has 0 aliphatic rings. The van der Waals surface area contributed by atoms with Crippen LogP contribution in [0, 0.1) is 0 Å². The van der Waals surface area contributed by atoms with Crippen molar-refractivity contribution in [3.05, 3.63) is 64.1 Å². The largest absolute Gasteiger partial charge is 0.325 e. The molecule has 0 atom stereocenters. The van der Waals surface area contributed by atoms with Crippen molar-refractivity contribution in [2.24, 2.45) is 0 Å². The number of anilines is 1. The van der Waals surface area contributed by atoms with Gasteiger partial charge in [-0.1, -0.05) is 53.5 Å². The molecule has 0 bridgehead atoms. The Labute approximate surface area is 151 Å². The Kier molecular flexibility index (Phi) is 6.57. The van der Waals surface area contributed by atoms with Gasteiger partial charge in [-0.25, -0.2) is 8.42 Å². The van der Waals surface area contributed by atoms with Gasteiger partial charge in [-0.05, 0) is 41.8 Å². The number of rotatable bonds is 7. The number of aryl methyl sites for hydroxylation is 1. The molecule has 128 valence electrons. The molecule has 0 spiro atoms. The highest BCUT2D eigenvalue weighted by atomic mass is 79.9. The summed E-state index contributed by atoms with van der Waals surface area (Å²) in [6.45, 7) is 2.10. The molecule has 2 rings (SSSR count). The molecule has 0 saturated carbocycles. The van der Waals surface area contributed by atoms with Gasteiger partial charge in [0, 0.05) is 10.2 Å². The van der Waals surface area contributed by atoms with Crippen molar-refractivity contribution in [1.29, 1.82) is 0 Å². The maximum absolute atomic E-state index is 12.2. The lowest BCUT2D eigenvalue weighted by molar-refractivity contribution is -0.113. The molecular formula is C18H20BrNO3S. The number of hydrogen-bond donors (Lipinski definition) is 1. The summed E-state index contributed by atoms with van der Waals surface area (Å²) in [4.78, 5) is 12.0. The number of carbonyl (C=O) groups is 1. The first kappa shape index (κ1) is 18.7. The summed E-state index contributed by atoms with van der Waals surface area (Å²) in [6.07, 6.45) is 2.04. The van der Waals surface area contributed by atoms with E-state index >= 15 is 0 Å². The van der Waals surface area contributed by atoms with Crippen LogP contribution in [-0.4, -0.2) is 20.1 Å². The molecule has 24 heavy (non-hydrogen) atoms. The van der Waals surface area contributed by atoms with Crippen LogP contribution in [0.4, 0.5) is 5.69 Å². The zero-order valence-corrected chi connectivity index (χ0v) is 15.9. The first-order chi connectivity index (χ1) is 11.4. The Hall–Kier alpha value is -1.66. The lowest BCUT2D eigenvalue weighted by atomic mass is 10.1. The van der Waals surface area contributed by atoms with Gasteiger partial charge in [-0.3, -0.25) is 4.79 Å². The number of sulfone groups is 1. The first-order valence-corrected chi connectivity index (χ1v) is 10.3. The van der Waals surface area contributed by atoms with Crippen molar-refractivity contribution in [2.75, 3.05) is 11.1 Å². The molecule has 0 aromatic heterocycles. The van der Waals surface area contributed by atoms with Crippen molar-refractivity contribution >= 4 is 37.4 Å². The van der Waals surface area contributed by atoms with E-state index in [1.165, 1.54) is 5.56 Å². The first-order valence-electron chi connectivity index (χ1n) is 7.71. The predicted octanol–water partition coefficient (Wildman–Crippen LogP) is 3.96. The Morgan fingerprint density at radius 1 is 1.00 bits per heavy atom. The third-order valence-corrected chi connectivity index (χ3v) is 5.43. The number of hydrogen-bond acceptors (Lipinski definition) is 3. The van der Waals surface area contributed by atoms with Gasteiger partial charge >= 0.3 is 0 Å². The van der Waals surface area contributed by atoms with E-state index in [1.54, 1.807) is 36.4 Å². The third-order valence-electron chi connectivity index (χ3n) is 3.43. The second kappa shape index (κ2) is 8.44. The molecule has 1 N–H and O–H groups in total. The fraction of sp³-hybridized carbons (Fsp3) is 0.278. The number of benzene rings is 2. The topological polar surface area (TPSA) is 63.2 Å². The molecule has 1 amide bonds. The highest BCUT2D eigenvalue weighted by molar-refractivity contribution is 9.10. The highest BCUT2D eigenvalue weighted by Crippen LogP contribution is 2.14. The van der Waals surface area contributed by atoms with Crippen LogP contribution >= 0.6 is 15.9 Å².